The molecule has 0 bridgehead atoms. The molecule has 1 aromatic carbocycles. The zero-order valence-corrected chi connectivity index (χ0v) is 10.0. The van der Waals surface area contributed by atoms with Crippen molar-refractivity contribution in [2.24, 2.45) is 0 Å². The van der Waals surface area contributed by atoms with E-state index in [9.17, 15) is 22.8 Å². The summed E-state index contributed by atoms with van der Waals surface area (Å²) in [6.07, 6.45) is -2.84. The van der Waals surface area contributed by atoms with Gasteiger partial charge in [-0.25, -0.2) is 18.0 Å². The van der Waals surface area contributed by atoms with Crippen LogP contribution in [0.25, 0.3) is 0 Å². The molecule has 8 heteroatoms. The number of halogens is 3. The first-order valence-corrected chi connectivity index (χ1v) is 5.65. The van der Waals surface area contributed by atoms with Gasteiger partial charge in [-0.05, 0) is 6.07 Å². The van der Waals surface area contributed by atoms with Crippen LogP contribution in [0, 0.1) is 17.5 Å². The molecule has 0 unspecified atom stereocenters. The zero-order valence-electron chi connectivity index (χ0n) is 10.0. The van der Waals surface area contributed by atoms with E-state index in [2.05, 4.69) is 0 Å². The molecule has 0 saturated carbocycles. The van der Waals surface area contributed by atoms with E-state index in [4.69, 9.17) is 9.84 Å². The van der Waals surface area contributed by atoms with Gasteiger partial charge >= 0.3 is 6.09 Å². The minimum absolute atomic E-state index is 0.213. The maximum atomic E-state index is 13.7. The van der Waals surface area contributed by atoms with Crippen molar-refractivity contribution in [1.29, 1.82) is 0 Å². The van der Waals surface area contributed by atoms with Crippen LogP contribution in [-0.2, 0) is 9.53 Å². The van der Waals surface area contributed by atoms with Crippen molar-refractivity contribution < 1.29 is 32.6 Å². The molecule has 0 spiro atoms. The predicted molar refractivity (Wildman–Crippen MR) is 59.6 cm³/mol. The number of ketones is 1. The molecule has 2 rings (SSSR count). The molecule has 2 N–H and O–H groups in total. The van der Waals surface area contributed by atoms with Crippen molar-refractivity contribution in [2.75, 3.05) is 6.61 Å². The van der Waals surface area contributed by atoms with Crippen molar-refractivity contribution in [3.05, 3.63) is 35.1 Å². The van der Waals surface area contributed by atoms with Gasteiger partial charge in [0.05, 0.1) is 6.04 Å². The van der Waals surface area contributed by atoms with Crippen molar-refractivity contribution in [3.63, 3.8) is 0 Å². The summed E-state index contributed by atoms with van der Waals surface area (Å²) >= 11 is 0. The lowest BCUT2D eigenvalue weighted by molar-refractivity contribution is -0.133. The van der Waals surface area contributed by atoms with Crippen molar-refractivity contribution in [3.8, 4) is 0 Å². The van der Waals surface area contributed by atoms with Crippen molar-refractivity contribution in [2.45, 2.75) is 18.6 Å². The molecule has 1 fully saturated rings. The van der Waals surface area contributed by atoms with Crippen LogP contribution in [0.2, 0.25) is 0 Å². The van der Waals surface area contributed by atoms with E-state index < -0.39 is 35.7 Å². The fourth-order valence-electron chi connectivity index (χ4n) is 2.06. The van der Waals surface area contributed by atoms with E-state index in [-0.39, 0.29) is 24.4 Å². The molecule has 5 nitrogen and oxygen atoms in total. The fraction of sp³-hybridized carbons (Fsp3) is 0.333. The van der Waals surface area contributed by atoms with Crippen molar-refractivity contribution in [1.82, 2.24) is 5.32 Å². The highest BCUT2D eigenvalue weighted by atomic mass is 19.2. The van der Waals surface area contributed by atoms with Crippen LogP contribution in [0.4, 0.5) is 18.0 Å². The van der Waals surface area contributed by atoms with E-state index in [1.165, 1.54) is 0 Å². The quantitative estimate of drug-likeness (QED) is 0.814. The number of ether oxygens (including phenoxy) is 1. The highest BCUT2D eigenvalue weighted by Gasteiger charge is 2.34. The van der Waals surface area contributed by atoms with Gasteiger partial charge in [-0.2, -0.15) is 0 Å². The standard InChI is InChI=1S/C12H10F3NO4/c13-7-3-9(15)8(14)2-6(7)11-10(16-12(18)19)1-5(17)4-20-11/h2-3,10-11,16H,1,4H2,(H,18,19)/t10-,11-/m0/s1. The molecule has 0 aromatic heterocycles. The van der Waals surface area contributed by atoms with Gasteiger partial charge in [-0.15, -0.1) is 0 Å². The Balaban J connectivity index is 2.35. The van der Waals surface area contributed by atoms with Crippen molar-refractivity contribution >= 4 is 11.9 Å². The minimum atomic E-state index is -1.43. The summed E-state index contributed by atoms with van der Waals surface area (Å²) in [7, 11) is 0. The maximum absolute atomic E-state index is 13.7. The summed E-state index contributed by atoms with van der Waals surface area (Å²) in [5, 5.41) is 10.7. The summed E-state index contributed by atoms with van der Waals surface area (Å²) in [5.41, 5.74) is -0.338. The lowest BCUT2D eigenvalue weighted by atomic mass is 9.95. The van der Waals surface area contributed by atoms with Crippen LogP contribution in [0.3, 0.4) is 0 Å². The van der Waals surface area contributed by atoms with Crippen LogP contribution in [0.5, 0.6) is 0 Å². The number of rotatable bonds is 2. The third-order valence-corrected chi connectivity index (χ3v) is 2.89. The van der Waals surface area contributed by atoms with Gasteiger partial charge in [-0.1, -0.05) is 0 Å². The topological polar surface area (TPSA) is 75.6 Å². The summed E-state index contributed by atoms with van der Waals surface area (Å²) < 4.78 is 44.8. The average molecular weight is 289 g/mol. The first-order chi connectivity index (χ1) is 9.38. The molecule has 0 radical (unpaired) electrons. The molecule has 1 aliphatic heterocycles. The minimum Gasteiger partial charge on any atom is -0.465 e. The molecular formula is C12H10F3NO4. The molecule has 1 heterocycles. The van der Waals surface area contributed by atoms with Gasteiger partial charge in [0.2, 0.25) is 0 Å². The number of nitrogens with one attached hydrogen (secondary N) is 1. The van der Waals surface area contributed by atoms with Crippen LogP contribution < -0.4 is 5.32 Å². The SMILES string of the molecule is O=C1CO[C@@H](c2cc(F)c(F)cc2F)[C@@H](NC(=O)O)C1. The third-order valence-electron chi connectivity index (χ3n) is 2.89. The second-order valence-corrected chi connectivity index (χ2v) is 4.32. The number of Topliss-reactive ketones (excluding diaryl/α,β-unsaturated/α-hetero) is 1. The Morgan fingerprint density at radius 1 is 1.25 bits per heavy atom. The van der Waals surface area contributed by atoms with Gasteiger partial charge in [0.25, 0.3) is 0 Å². The van der Waals surface area contributed by atoms with Crippen LogP contribution in [0.15, 0.2) is 12.1 Å². The van der Waals surface area contributed by atoms with Gasteiger partial charge in [0.15, 0.2) is 17.4 Å². The maximum Gasteiger partial charge on any atom is 0.404 e. The molecule has 1 amide bonds. The Morgan fingerprint density at radius 2 is 1.90 bits per heavy atom. The molecule has 0 aliphatic carbocycles. The van der Waals surface area contributed by atoms with Crippen LogP contribution in [0.1, 0.15) is 18.1 Å². The van der Waals surface area contributed by atoms with Gasteiger partial charge in [-0.3, -0.25) is 4.79 Å². The summed E-state index contributed by atoms with van der Waals surface area (Å²) in [6.45, 7) is -0.346. The Kier molecular flexibility index (Phi) is 3.93. The largest absolute Gasteiger partial charge is 0.465 e. The van der Waals surface area contributed by atoms with Gasteiger partial charge in [0.1, 0.15) is 18.5 Å². The lowest BCUT2D eigenvalue weighted by Crippen LogP contribution is -2.45. The van der Waals surface area contributed by atoms with E-state index in [1.807, 2.05) is 5.32 Å². The predicted octanol–water partition coefficient (Wildman–Crippen LogP) is 1.77. The molecule has 1 saturated heterocycles. The molecule has 1 aliphatic rings. The van der Waals surface area contributed by atoms with E-state index >= 15 is 0 Å². The van der Waals surface area contributed by atoms with E-state index in [0.29, 0.717) is 12.1 Å². The second-order valence-electron chi connectivity index (χ2n) is 4.32. The fourth-order valence-corrected chi connectivity index (χ4v) is 2.06. The van der Waals surface area contributed by atoms with Gasteiger partial charge in [0, 0.05) is 18.1 Å². The Bertz CT molecular complexity index is 562. The zero-order chi connectivity index (χ0) is 14.9. The summed E-state index contributed by atoms with van der Waals surface area (Å²) in [4.78, 5) is 21.9. The number of carboxylic acid groups (broad SMARTS) is 1. The second kappa shape index (κ2) is 5.49. The molecule has 2 atom stereocenters. The smallest absolute Gasteiger partial charge is 0.404 e. The summed E-state index contributed by atoms with van der Waals surface area (Å²) in [6, 6.07) is -0.114. The number of benzene rings is 1. The average Bonchev–Trinajstić information content (AvgIpc) is 2.34. The Labute approximate surface area is 111 Å². The molecule has 1 aromatic rings. The van der Waals surface area contributed by atoms with Crippen LogP contribution >= 0.6 is 0 Å². The monoisotopic (exact) mass is 289 g/mol. The highest BCUT2D eigenvalue weighted by Crippen LogP contribution is 2.30. The normalized spacial score (nSPS) is 22.6. The molecule has 20 heavy (non-hydrogen) atoms. The highest BCUT2D eigenvalue weighted by molar-refractivity contribution is 5.81. The van der Waals surface area contributed by atoms with E-state index in [1.54, 1.807) is 0 Å². The Morgan fingerprint density at radius 3 is 2.55 bits per heavy atom. The van der Waals surface area contributed by atoms with Gasteiger partial charge < -0.3 is 15.2 Å². The number of hydrogen-bond acceptors (Lipinski definition) is 3. The number of carbonyl (C=O) groups is 2. The third kappa shape index (κ3) is 2.90. The summed E-state index contributed by atoms with van der Waals surface area (Å²) in [5.74, 6) is -4.08. The number of hydrogen-bond donors (Lipinski definition) is 2. The molecule has 108 valence electrons. The van der Waals surface area contributed by atoms with Crippen LogP contribution in [-0.4, -0.2) is 29.6 Å². The first kappa shape index (κ1) is 14.3. The Hall–Kier alpha value is -2.09. The molecular weight excluding hydrogens is 279 g/mol. The number of carbonyl (C=O) groups excluding carboxylic acids is 1. The first-order valence-electron chi connectivity index (χ1n) is 5.65. The van der Waals surface area contributed by atoms with E-state index in [0.717, 1.165) is 0 Å². The lowest BCUT2D eigenvalue weighted by Gasteiger charge is -2.31. The number of amides is 1.